The SMILES string of the molecule is CC(NC(C)c1nnc2n1CCC2)c1ccc(Cl)cc1Cl. The Morgan fingerprint density at radius 1 is 1.19 bits per heavy atom. The van der Waals surface area contributed by atoms with Crippen LogP contribution in [0.25, 0.3) is 0 Å². The third-order valence-corrected chi connectivity index (χ3v) is 4.52. The number of nitrogens with one attached hydrogen (secondary N) is 1. The molecule has 112 valence electrons. The number of nitrogens with zero attached hydrogens (tertiary/aromatic N) is 3. The Bertz CT molecular complexity index is 653. The zero-order valence-corrected chi connectivity index (χ0v) is 13.6. The quantitative estimate of drug-likeness (QED) is 0.926. The molecule has 6 heteroatoms. The van der Waals surface area contributed by atoms with E-state index in [0.29, 0.717) is 10.0 Å². The molecule has 1 aliphatic heterocycles. The number of benzene rings is 1. The van der Waals surface area contributed by atoms with Gasteiger partial charge in [0.2, 0.25) is 0 Å². The van der Waals surface area contributed by atoms with E-state index < -0.39 is 0 Å². The van der Waals surface area contributed by atoms with Gasteiger partial charge in [-0.25, -0.2) is 0 Å². The molecule has 1 aromatic carbocycles. The molecule has 0 saturated carbocycles. The Morgan fingerprint density at radius 3 is 2.76 bits per heavy atom. The van der Waals surface area contributed by atoms with E-state index in [0.717, 1.165) is 36.6 Å². The maximum absolute atomic E-state index is 6.27. The lowest BCUT2D eigenvalue weighted by Gasteiger charge is -2.21. The molecule has 3 rings (SSSR count). The van der Waals surface area contributed by atoms with Gasteiger partial charge >= 0.3 is 0 Å². The van der Waals surface area contributed by atoms with Crippen LogP contribution in [-0.2, 0) is 13.0 Å². The summed E-state index contributed by atoms with van der Waals surface area (Å²) in [5.41, 5.74) is 1.04. The molecule has 0 bridgehead atoms. The van der Waals surface area contributed by atoms with Crippen molar-refractivity contribution in [1.82, 2.24) is 20.1 Å². The maximum atomic E-state index is 6.27. The largest absolute Gasteiger partial charge is 0.314 e. The highest BCUT2D eigenvalue weighted by molar-refractivity contribution is 6.35. The minimum absolute atomic E-state index is 0.110. The van der Waals surface area contributed by atoms with Gasteiger partial charge in [0.15, 0.2) is 0 Å². The van der Waals surface area contributed by atoms with E-state index in [4.69, 9.17) is 23.2 Å². The second kappa shape index (κ2) is 5.95. The van der Waals surface area contributed by atoms with E-state index in [1.807, 2.05) is 12.1 Å². The molecule has 0 aliphatic carbocycles. The summed E-state index contributed by atoms with van der Waals surface area (Å²) < 4.78 is 2.22. The summed E-state index contributed by atoms with van der Waals surface area (Å²) in [6.45, 7) is 5.21. The van der Waals surface area contributed by atoms with Gasteiger partial charge in [-0.05, 0) is 38.0 Å². The van der Waals surface area contributed by atoms with Crippen LogP contribution in [-0.4, -0.2) is 14.8 Å². The summed E-state index contributed by atoms with van der Waals surface area (Å²) in [7, 11) is 0. The number of halogens is 2. The first-order valence-electron chi connectivity index (χ1n) is 7.19. The van der Waals surface area contributed by atoms with Crippen LogP contribution >= 0.6 is 23.2 Å². The van der Waals surface area contributed by atoms with Crippen LogP contribution in [0.2, 0.25) is 10.0 Å². The number of hydrogen-bond donors (Lipinski definition) is 1. The summed E-state index contributed by atoms with van der Waals surface area (Å²) in [5.74, 6) is 2.09. The predicted octanol–water partition coefficient (Wildman–Crippen LogP) is 3.94. The van der Waals surface area contributed by atoms with Crippen LogP contribution in [0.5, 0.6) is 0 Å². The zero-order valence-electron chi connectivity index (χ0n) is 12.1. The van der Waals surface area contributed by atoms with Crippen LogP contribution in [0.4, 0.5) is 0 Å². The molecule has 2 atom stereocenters. The lowest BCUT2D eigenvalue weighted by atomic mass is 10.1. The fourth-order valence-corrected chi connectivity index (χ4v) is 3.46. The van der Waals surface area contributed by atoms with E-state index in [9.17, 15) is 0 Å². The Balaban J connectivity index is 1.76. The van der Waals surface area contributed by atoms with E-state index in [1.54, 1.807) is 6.07 Å². The van der Waals surface area contributed by atoms with Crippen LogP contribution in [0.15, 0.2) is 18.2 Å². The summed E-state index contributed by atoms with van der Waals surface area (Å²) in [6, 6.07) is 5.82. The number of rotatable bonds is 4. The Labute approximate surface area is 134 Å². The van der Waals surface area contributed by atoms with E-state index >= 15 is 0 Å². The summed E-state index contributed by atoms with van der Waals surface area (Å²) in [5, 5.41) is 13.4. The molecule has 0 radical (unpaired) electrons. The van der Waals surface area contributed by atoms with Gasteiger partial charge in [0, 0.05) is 29.1 Å². The highest BCUT2D eigenvalue weighted by Crippen LogP contribution is 2.28. The summed E-state index contributed by atoms with van der Waals surface area (Å²) >= 11 is 12.2. The topological polar surface area (TPSA) is 42.7 Å². The first-order valence-corrected chi connectivity index (χ1v) is 7.95. The number of aromatic nitrogens is 3. The van der Waals surface area contributed by atoms with Crippen molar-refractivity contribution in [2.45, 2.75) is 45.3 Å². The van der Waals surface area contributed by atoms with Crippen molar-refractivity contribution in [2.75, 3.05) is 0 Å². The molecule has 0 fully saturated rings. The first-order chi connectivity index (χ1) is 10.1. The molecule has 0 spiro atoms. The third kappa shape index (κ3) is 2.93. The number of hydrogen-bond acceptors (Lipinski definition) is 3. The average Bonchev–Trinajstić information content (AvgIpc) is 3.00. The van der Waals surface area contributed by atoms with Gasteiger partial charge in [-0.2, -0.15) is 0 Å². The molecular formula is C15H18Cl2N4. The van der Waals surface area contributed by atoms with Gasteiger partial charge in [0.25, 0.3) is 0 Å². The molecule has 1 aliphatic rings. The number of fused-ring (bicyclic) bond motifs is 1. The highest BCUT2D eigenvalue weighted by Gasteiger charge is 2.22. The molecule has 1 aromatic heterocycles. The zero-order chi connectivity index (χ0) is 15.0. The second-order valence-electron chi connectivity index (χ2n) is 5.51. The first kappa shape index (κ1) is 14.8. The molecule has 21 heavy (non-hydrogen) atoms. The van der Waals surface area contributed by atoms with Gasteiger partial charge < -0.3 is 9.88 Å². The minimum Gasteiger partial charge on any atom is -0.314 e. The molecule has 0 amide bonds. The average molecular weight is 325 g/mol. The molecule has 2 heterocycles. The smallest absolute Gasteiger partial charge is 0.149 e. The van der Waals surface area contributed by atoms with Gasteiger partial charge in [-0.15, -0.1) is 10.2 Å². The Morgan fingerprint density at radius 2 is 2.00 bits per heavy atom. The Hall–Kier alpha value is -1.10. The lowest BCUT2D eigenvalue weighted by molar-refractivity contribution is 0.460. The molecule has 2 unspecified atom stereocenters. The van der Waals surface area contributed by atoms with Gasteiger partial charge in [-0.3, -0.25) is 0 Å². The van der Waals surface area contributed by atoms with Gasteiger partial charge in [-0.1, -0.05) is 29.3 Å². The van der Waals surface area contributed by atoms with Crippen molar-refractivity contribution in [3.63, 3.8) is 0 Å². The van der Waals surface area contributed by atoms with Crippen molar-refractivity contribution >= 4 is 23.2 Å². The highest BCUT2D eigenvalue weighted by atomic mass is 35.5. The monoisotopic (exact) mass is 324 g/mol. The fraction of sp³-hybridized carbons (Fsp3) is 0.467. The minimum atomic E-state index is 0.110. The summed E-state index contributed by atoms with van der Waals surface area (Å²) in [4.78, 5) is 0. The van der Waals surface area contributed by atoms with Gasteiger partial charge in [0.05, 0.1) is 6.04 Å². The van der Waals surface area contributed by atoms with Crippen LogP contribution < -0.4 is 5.32 Å². The van der Waals surface area contributed by atoms with Crippen molar-refractivity contribution in [3.05, 3.63) is 45.5 Å². The van der Waals surface area contributed by atoms with E-state index in [2.05, 4.69) is 33.9 Å². The molecule has 2 aromatic rings. The molecule has 1 N–H and O–H groups in total. The van der Waals surface area contributed by atoms with Crippen molar-refractivity contribution < 1.29 is 0 Å². The molecule has 4 nitrogen and oxygen atoms in total. The van der Waals surface area contributed by atoms with Crippen LogP contribution in [0.3, 0.4) is 0 Å². The third-order valence-electron chi connectivity index (χ3n) is 3.95. The maximum Gasteiger partial charge on any atom is 0.149 e. The predicted molar refractivity (Wildman–Crippen MR) is 84.8 cm³/mol. The van der Waals surface area contributed by atoms with E-state index in [1.165, 1.54) is 0 Å². The number of aryl methyl sites for hydroxylation is 1. The second-order valence-corrected chi connectivity index (χ2v) is 6.35. The van der Waals surface area contributed by atoms with Gasteiger partial charge in [0.1, 0.15) is 11.6 Å². The normalized spacial score (nSPS) is 16.8. The van der Waals surface area contributed by atoms with Crippen molar-refractivity contribution in [3.8, 4) is 0 Å². The summed E-state index contributed by atoms with van der Waals surface area (Å²) in [6.07, 6.45) is 2.18. The standard InChI is InChI=1S/C15H18Cl2N4/c1-9(12-6-5-11(16)8-13(12)17)18-10(2)15-20-19-14-4-3-7-21(14)15/h5-6,8-10,18H,3-4,7H2,1-2H3. The van der Waals surface area contributed by atoms with Crippen LogP contribution in [0.1, 0.15) is 49.6 Å². The van der Waals surface area contributed by atoms with Crippen molar-refractivity contribution in [2.24, 2.45) is 0 Å². The fourth-order valence-electron chi connectivity index (χ4n) is 2.89. The lowest BCUT2D eigenvalue weighted by Crippen LogP contribution is -2.25. The molecular weight excluding hydrogens is 307 g/mol. The molecule has 0 saturated heterocycles. The van der Waals surface area contributed by atoms with Crippen LogP contribution in [0, 0.1) is 0 Å². The Kier molecular flexibility index (Phi) is 4.20. The van der Waals surface area contributed by atoms with E-state index in [-0.39, 0.29) is 12.1 Å². The van der Waals surface area contributed by atoms with Crippen molar-refractivity contribution in [1.29, 1.82) is 0 Å².